The van der Waals surface area contributed by atoms with Crippen LogP contribution in [0.15, 0.2) is 11.1 Å². The fraction of sp³-hybridized carbons (Fsp3) is 0.444. The molecule has 0 saturated heterocycles. The third kappa shape index (κ3) is 6.27. The molecule has 13 nitrogen and oxygen atoms in total. The Morgan fingerprint density at radius 1 is 1.35 bits per heavy atom. The quantitative estimate of drug-likeness (QED) is 0.306. The normalized spacial score (nSPS) is 11.5. The molecule has 130 valence electrons. The lowest BCUT2D eigenvalue weighted by Crippen LogP contribution is -2.23. The number of H-pyrrole nitrogens is 1. The van der Waals surface area contributed by atoms with Gasteiger partial charge in [0.1, 0.15) is 12.8 Å². The van der Waals surface area contributed by atoms with Crippen LogP contribution in [0.4, 0.5) is 5.95 Å². The Bertz CT molecular complexity index is 788. The van der Waals surface area contributed by atoms with Crippen LogP contribution in [0, 0.1) is 0 Å². The van der Waals surface area contributed by atoms with Crippen LogP contribution >= 0.6 is 0 Å². The number of hydrogen-bond donors (Lipinski definition) is 6. The number of aliphatic hydroxyl groups excluding tert-OH is 2. The Morgan fingerprint density at radius 2 is 1.91 bits per heavy atom. The Balaban J connectivity index is 0.000000463. The maximum atomic E-state index is 11.5. The summed E-state index contributed by atoms with van der Waals surface area (Å²) in [5.74, 6) is -0.0184. The molecule has 0 atom stereocenters. The number of aromatic amines is 1. The summed E-state index contributed by atoms with van der Waals surface area (Å²) in [7, 11) is -4.67. The first-order chi connectivity index (χ1) is 10.7. The maximum absolute atomic E-state index is 11.5. The van der Waals surface area contributed by atoms with Gasteiger partial charge in [-0.05, 0) is 0 Å². The summed E-state index contributed by atoms with van der Waals surface area (Å²) in [6.45, 7) is -0.614. The number of nitrogens with two attached hydrogens (primary N) is 1. The molecular formula is C9H15N5O8S. The molecule has 2 aromatic rings. The van der Waals surface area contributed by atoms with E-state index >= 15 is 0 Å². The number of anilines is 1. The summed E-state index contributed by atoms with van der Waals surface area (Å²) >= 11 is 0. The van der Waals surface area contributed by atoms with Gasteiger partial charge in [0, 0.05) is 0 Å². The van der Waals surface area contributed by atoms with Crippen LogP contribution in [-0.4, -0.2) is 66.6 Å². The largest absolute Gasteiger partial charge is 0.394 e. The average Bonchev–Trinajstić information content (AvgIpc) is 2.81. The molecule has 2 aromatic heterocycles. The molecule has 0 aromatic carbocycles. The highest BCUT2D eigenvalue weighted by Crippen LogP contribution is 2.07. The first-order valence-electron chi connectivity index (χ1n) is 5.89. The van der Waals surface area contributed by atoms with Gasteiger partial charge >= 0.3 is 10.4 Å². The molecule has 14 heteroatoms. The van der Waals surface area contributed by atoms with Crippen LogP contribution < -0.4 is 11.3 Å². The molecule has 2 rings (SSSR count). The van der Waals surface area contributed by atoms with Gasteiger partial charge in [0.2, 0.25) is 5.95 Å². The van der Waals surface area contributed by atoms with Crippen molar-refractivity contribution in [3.8, 4) is 0 Å². The van der Waals surface area contributed by atoms with Crippen LogP contribution in [0.2, 0.25) is 0 Å². The molecule has 0 bridgehead atoms. The Hall–Kier alpha value is -2.10. The summed E-state index contributed by atoms with van der Waals surface area (Å²) in [6.07, 6.45) is 0.680. The van der Waals surface area contributed by atoms with E-state index in [0.717, 1.165) is 0 Å². The molecule has 0 aliphatic heterocycles. The van der Waals surface area contributed by atoms with Crippen molar-refractivity contribution < 1.29 is 32.5 Å². The monoisotopic (exact) mass is 353 g/mol. The van der Waals surface area contributed by atoms with Crippen molar-refractivity contribution in [2.24, 2.45) is 0 Å². The van der Waals surface area contributed by atoms with Gasteiger partial charge in [0.05, 0.1) is 19.5 Å². The number of imidazole rings is 1. The van der Waals surface area contributed by atoms with Gasteiger partial charge in [0.15, 0.2) is 11.2 Å². The first-order valence-corrected chi connectivity index (χ1v) is 7.29. The van der Waals surface area contributed by atoms with E-state index in [4.69, 9.17) is 38.2 Å². The van der Waals surface area contributed by atoms with Crippen LogP contribution in [0.3, 0.4) is 0 Å². The zero-order valence-corrected chi connectivity index (χ0v) is 12.3. The summed E-state index contributed by atoms with van der Waals surface area (Å²) in [5.41, 5.74) is 5.43. The lowest BCUT2D eigenvalue weighted by atomic mass is 10.4. The molecule has 0 aliphatic carbocycles. The highest BCUT2D eigenvalue weighted by atomic mass is 32.3. The van der Waals surface area contributed by atoms with Crippen molar-refractivity contribution in [1.82, 2.24) is 19.5 Å². The average molecular weight is 353 g/mol. The molecule has 0 unspecified atom stereocenters. The van der Waals surface area contributed by atoms with Crippen LogP contribution in [-0.2, 0) is 21.9 Å². The summed E-state index contributed by atoms with van der Waals surface area (Å²) in [6, 6.07) is 0. The van der Waals surface area contributed by atoms with E-state index in [1.54, 1.807) is 0 Å². The lowest BCUT2D eigenvalue weighted by Gasteiger charge is -2.12. The van der Waals surface area contributed by atoms with E-state index in [9.17, 15) is 4.79 Å². The van der Waals surface area contributed by atoms with Gasteiger partial charge in [0.25, 0.3) is 5.56 Å². The van der Waals surface area contributed by atoms with Gasteiger partial charge in [-0.1, -0.05) is 0 Å². The summed E-state index contributed by atoms with van der Waals surface area (Å²) < 4.78 is 38.2. The third-order valence-corrected chi connectivity index (χ3v) is 2.35. The number of ether oxygens (including phenoxy) is 1. The molecular weight excluding hydrogens is 338 g/mol. The van der Waals surface area contributed by atoms with E-state index in [1.807, 2.05) is 0 Å². The summed E-state index contributed by atoms with van der Waals surface area (Å²) in [5, 5.41) is 17.7. The van der Waals surface area contributed by atoms with E-state index in [2.05, 4.69) is 15.0 Å². The molecule has 0 fully saturated rings. The number of nitrogen functional groups attached to an aromatic ring is 1. The molecule has 7 N–H and O–H groups in total. The zero-order chi connectivity index (χ0) is 17.6. The van der Waals surface area contributed by atoms with E-state index < -0.39 is 22.1 Å². The smallest absolute Gasteiger partial charge is 0.394 e. The predicted molar refractivity (Wildman–Crippen MR) is 75.8 cm³/mol. The van der Waals surface area contributed by atoms with Crippen molar-refractivity contribution in [3.63, 3.8) is 0 Å². The van der Waals surface area contributed by atoms with Crippen LogP contribution in [0.25, 0.3) is 11.2 Å². The van der Waals surface area contributed by atoms with Gasteiger partial charge in [-0.15, -0.1) is 0 Å². The van der Waals surface area contributed by atoms with Crippen LogP contribution in [0.5, 0.6) is 0 Å². The number of aromatic nitrogens is 4. The molecule has 0 saturated carbocycles. The molecule has 0 amide bonds. The van der Waals surface area contributed by atoms with Gasteiger partial charge in [-0.25, -0.2) is 4.98 Å². The standard InChI is InChI=1S/C9H13N5O4.H2O4S/c10-9-12-7-6(8(17)13-9)11-3-14(7)4-18-5(1-15)2-16;1-5(2,3)4/h3,5,15-16H,1-2,4H2,(H3,10,12,13,17);(H2,1,2,3,4). The number of fused-ring (bicyclic) bond motifs is 1. The topological polar surface area (TPSA) is 214 Å². The molecule has 0 radical (unpaired) electrons. The van der Waals surface area contributed by atoms with Crippen molar-refractivity contribution in [2.45, 2.75) is 12.8 Å². The van der Waals surface area contributed by atoms with Crippen molar-refractivity contribution in [1.29, 1.82) is 0 Å². The molecule has 23 heavy (non-hydrogen) atoms. The highest BCUT2D eigenvalue weighted by Gasteiger charge is 2.11. The second kappa shape index (κ2) is 7.95. The van der Waals surface area contributed by atoms with Gasteiger partial charge in [-0.3, -0.25) is 23.5 Å². The first kappa shape index (κ1) is 18.9. The minimum atomic E-state index is -4.67. The van der Waals surface area contributed by atoms with Crippen molar-refractivity contribution in [3.05, 3.63) is 16.7 Å². The van der Waals surface area contributed by atoms with Crippen molar-refractivity contribution in [2.75, 3.05) is 18.9 Å². The zero-order valence-electron chi connectivity index (χ0n) is 11.5. The van der Waals surface area contributed by atoms with E-state index in [1.165, 1.54) is 10.9 Å². The molecule has 2 heterocycles. The number of rotatable bonds is 5. The fourth-order valence-corrected chi connectivity index (χ4v) is 1.41. The third-order valence-electron chi connectivity index (χ3n) is 2.35. The SMILES string of the molecule is Nc1nc2c(ncn2COC(CO)CO)c(=O)[nH]1.O=S(=O)(O)O. The Morgan fingerprint density at radius 3 is 2.43 bits per heavy atom. The second-order valence-corrected chi connectivity index (χ2v) is 4.96. The lowest BCUT2D eigenvalue weighted by molar-refractivity contribution is -0.0488. The fourth-order valence-electron chi connectivity index (χ4n) is 1.41. The van der Waals surface area contributed by atoms with Gasteiger partial charge < -0.3 is 20.7 Å². The number of hydrogen-bond acceptors (Lipinski definition) is 9. The second-order valence-electron chi connectivity index (χ2n) is 4.07. The Labute approximate surface area is 128 Å². The molecule has 0 aliphatic rings. The summed E-state index contributed by atoms with van der Waals surface area (Å²) in [4.78, 5) is 21.6. The minimum absolute atomic E-state index is 0.00181. The van der Waals surface area contributed by atoms with Gasteiger partial charge in [-0.2, -0.15) is 13.4 Å². The number of nitrogens with zero attached hydrogens (tertiary/aromatic N) is 3. The van der Waals surface area contributed by atoms with Crippen molar-refractivity contribution >= 4 is 27.5 Å². The van der Waals surface area contributed by atoms with E-state index in [0.29, 0.717) is 0 Å². The highest BCUT2D eigenvalue weighted by molar-refractivity contribution is 7.79. The number of nitrogens with one attached hydrogen (secondary N) is 1. The minimum Gasteiger partial charge on any atom is -0.394 e. The van der Waals surface area contributed by atoms with Crippen LogP contribution in [0.1, 0.15) is 0 Å². The number of aliphatic hydroxyl groups is 2. The maximum Gasteiger partial charge on any atom is 0.394 e. The Kier molecular flexibility index (Phi) is 6.55. The molecule has 0 spiro atoms. The predicted octanol–water partition coefficient (Wildman–Crippen LogP) is -2.62. The van der Waals surface area contributed by atoms with E-state index in [-0.39, 0.29) is 37.1 Å².